The average molecular weight is 396 g/mol. The Morgan fingerprint density at radius 2 is 1.88 bits per heavy atom. The quantitative estimate of drug-likeness (QED) is 0.371. The van der Waals surface area contributed by atoms with E-state index in [4.69, 9.17) is 11.6 Å². The molecule has 2 rings (SSSR count). The summed E-state index contributed by atoms with van der Waals surface area (Å²) in [6, 6.07) is 5.99. The molecule has 0 aliphatic carbocycles. The number of aryl methyl sites for hydroxylation is 1. The lowest BCUT2D eigenvalue weighted by Gasteiger charge is -2.18. The van der Waals surface area contributed by atoms with Crippen LogP contribution < -0.4 is 0 Å². The van der Waals surface area contributed by atoms with Gasteiger partial charge in [-0.2, -0.15) is 9.40 Å². The van der Waals surface area contributed by atoms with Crippen LogP contribution in [0.5, 0.6) is 0 Å². The highest BCUT2D eigenvalue weighted by atomic mass is 35.5. The minimum atomic E-state index is -3.52. The summed E-state index contributed by atoms with van der Waals surface area (Å²) < 4.78 is 28.0. The second-order valence-corrected chi connectivity index (χ2v) is 7.85. The van der Waals surface area contributed by atoms with Gasteiger partial charge >= 0.3 is 0 Å². The predicted octanol–water partition coefficient (Wildman–Crippen LogP) is 3.05. The van der Waals surface area contributed by atoms with Crippen molar-refractivity contribution in [2.24, 2.45) is 0 Å². The summed E-state index contributed by atoms with van der Waals surface area (Å²) in [6.45, 7) is 4.99. The Morgan fingerprint density at radius 3 is 2.46 bits per heavy atom. The van der Waals surface area contributed by atoms with Gasteiger partial charge in [0.2, 0.25) is 10.0 Å². The highest BCUT2D eigenvalue weighted by molar-refractivity contribution is 7.89. The lowest BCUT2D eigenvalue weighted by Crippen LogP contribution is -2.30. The van der Waals surface area contributed by atoms with Crippen molar-refractivity contribution < 1.29 is 13.2 Å². The molecule has 6 nitrogen and oxygen atoms in total. The number of hydrogen-bond donors (Lipinski definition) is 0. The molecule has 0 atom stereocenters. The molecule has 0 saturated heterocycles. The SMILES string of the molecule is CCN(CC)S(=O)(=O)c1ccc(C(=O)C=Cc2cnn(CCCl)c2)cc1. The number of benzene rings is 1. The molecule has 0 bridgehead atoms. The van der Waals surface area contributed by atoms with E-state index in [1.807, 2.05) is 0 Å². The summed E-state index contributed by atoms with van der Waals surface area (Å²) in [7, 11) is -3.52. The van der Waals surface area contributed by atoms with Crippen LogP contribution >= 0.6 is 11.6 Å². The summed E-state index contributed by atoms with van der Waals surface area (Å²) in [5.74, 6) is 0.258. The first kappa shape index (κ1) is 20.4. The lowest BCUT2D eigenvalue weighted by molar-refractivity contribution is 0.104. The molecule has 2 aromatic rings. The van der Waals surface area contributed by atoms with Crippen LogP contribution in [0.1, 0.15) is 29.8 Å². The zero-order valence-electron chi connectivity index (χ0n) is 14.8. The molecule has 0 saturated carbocycles. The maximum atomic E-state index is 12.5. The topological polar surface area (TPSA) is 72.3 Å². The van der Waals surface area contributed by atoms with E-state index in [-0.39, 0.29) is 10.7 Å². The lowest BCUT2D eigenvalue weighted by atomic mass is 10.1. The van der Waals surface area contributed by atoms with Crippen LogP contribution in [-0.4, -0.2) is 47.3 Å². The number of allylic oxidation sites excluding steroid dienone is 1. The summed E-state index contributed by atoms with van der Waals surface area (Å²) >= 11 is 5.66. The molecule has 0 amide bonds. The molecule has 0 spiro atoms. The van der Waals surface area contributed by atoms with Crippen LogP contribution in [-0.2, 0) is 16.6 Å². The van der Waals surface area contributed by atoms with E-state index in [2.05, 4.69) is 5.10 Å². The maximum absolute atomic E-state index is 12.5. The van der Waals surface area contributed by atoms with E-state index in [0.29, 0.717) is 31.1 Å². The van der Waals surface area contributed by atoms with Gasteiger partial charge in [0, 0.05) is 36.3 Å². The van der Waals surface area contributed by atoms with Gasteiger partial charge in [0.15, 0.2) is 5.78 Å². The molecule has 0 N–H and O–H groups in total. The number of halogens is 1. The van der Waals surface area contributed by atoms with E-state index in [0.717, 1.165) is 5.56 Å². The highest BCUT2D eigenvalue weighted by Crippen LogP contribution is 2.17. The third-order valence-corrected chi connectivity index (χ3v) is 6.11. The van der Waals surface area contributed by atoms with E-state index >= 15 is 0 Å². The summed E-state index contributed by atoms with van der Waals surface area (Å²) in [6.07, 6.45) is 6.55. The summed E-state index contributed by atoms with van der Waals surface area (Å²) in [5, 5.41) is 4.13. The summed E-state index contributed by atoms with van der Waals surface area (Å²) in [4.78, 5) is 12.4. The molecule has 0 radical (unpaired) electrons. The number of hydrogen-bond acceptors (Lipinski definition) is 4. The smallest absolute Gasteiger partial charge is 0.243 e. The van der Waals surface area contributed by atoms with Crippen molar-refractivity contribution in [1.29, 1.82) is 0 Å². The Labute approximate surface area is 159 Å². The fraction of sp³-hybridized carbons (Fsp3) is 0.333. The van der Waals surface area contributed by atoms with Gasteiger partial charge in [-0.15, -0.1) is 11.6 Å². The number of aromatic nitrogens is 2. The van der Waals surface area contributed by atoms with Crippen LogP contribution in [0.3, 0.4) is 0 Å². The second kappa shape index (κ2) is 9.12. The van der Waals surface area contributed by atoms with Gasteiger partial charge in [-0.1, -0.05) is 13.8 Å². The molecule has 0 unspecified atom stereocenters. The van der Waals surface area contributed by atoms with Crippen molar-refractivity contribution in [3.8, 4) is 0 Å². The van der Waals surface area contributed by atoms with Crippen molar-refractivity contribution >= 4 is 33.5 Å². The largest absolute Gasteiger partial charge is 0.289 e. The normalized spacial score (nSPS) is 12.2. The van der Waals surface area contributed by atoms with E-state index in [1.54, 1.807) is 37.0 Å². The Bertz CT molecular complexity index is 869. The number of carbonyl (C=O) groups is 1. The van der Waals surface area contributed by atoms with Crippen LogP contribution in [0.4, 0.5) is 0 Å². The van der Waals surface area contributed by atoms with Gasteiger partial charge in [0.25, 0.3) is 0 Å². The zero-order chi connectivity index (χ0) is 19.2. The predicted molar refractivity (Wildman–Crippen MR) is 103 cm³/mol. The van der Waals surface area contributed by atoms with E-state index < -0.39 is 10.0 Å². The van der Waals surface area contributed by atoms with Gasteiger partial charge in [-0.05, 0) is 36.4 Å². The Morgan fingerprint density at radius 1 is 1.23 bits per heavy atom. The molecule has 1 aromatic carbocycles. The fourth-order valence-electron chi connectivity index (χ4n) is 2.45. The molecule has 0 fully saturated rings. The standard InChI is InChI=1S/C18H22ClN3O3S/c1-3-22(4-2)26(24,25)17-8-6-16(7-9-17)18(23)10-5-15-13-20-21(14-15)12-11-19/h5-10,13-14H,3-4,11-12H2,1-2H3. The van der Waals surface area contributed by atoms with Crippen LogP contribution in [0.2, 0.25) is 0 Å². The Balaban J connectivity index is 2.12. The number of sulfonamides is 1. The first-order valence-electron chi connectivity index (χ1n) is 8.33. The van der Waals surface area contributed by atoms with Crippen LogP contribution in [0.15, 0.2) is 47.6 Å². The molecule has 8 heteroatoms. The van der Waals surface area contributed by atoms with Crippen molar-refractivity contribution in [3.05, 3.63) is 53.9 Å². The molecule has 1 heterocycles. The molecule has 26 heavy (non-hydrogen) atoms. The van der Waals surface area contributed by atoms with Crippen molar-refractivity contribution in [3.63, 3.8) is 0 Å². The van der Waals surface area contributed by atoms with Gasteiger partial charge in [0.05, 0.1) is 17.6 Å². The van der Waals surface area contributed by atoms with Gasteiger partial charge in [0.1, 0.15) is 0 Å². The number of alkyl halides is 1. The first-order valence-corrected chi connectivity index (χ1v) is 10.3. The monoisotopic (exact) mass is 395 g/mol. The van der Waals surface area contributed by atoms with Crippen molar-refractivity contribution in [2.75, 3.05) is 19.0 Å². The number of ketones is 1. The van der Waals surface area contributed by atoms with Crippen LogP contribution in [0.25, 0.3) is 6.08 Å². The number of nitrogens with zero attached hydrogens (tertiary/aromatic N) is 3. The average Bonchev–Trinajstić information content (AvgIpc) is 3.08. The molecule has 0 aliphatic rings. The Hall–Kier alpha value is -1.96. The number of carbonyl (C=O) groups excluding carboxylic acids is 1. The van der Waals surface area contributed by atoms with E-state index in [1.165, 1.54) is 34.6 Å². The minimum absolute atomic E-state index is 0.184. The van der Waals surface area contributed by atoms with Crippen LogP contribution in [0, 0.1) is 0 Å². The minimum Gasteiger partial charge on any atom is -0.289 e. The van der Waals surface area contributed by atoms with Gasteiger partial charge < -0.3 is 0 Å². The Kier molecular flexibility index (Phi) is 7.14. The zero-order valence-corrected chi connectivity index (χ0v) is 16.4. The van der Waals surface area contributed by atoms with Crippen molar-refractivity contribution in [2.45, 2.75) is 25.3 Å². The highest BCUT2D eigenvalue weighted by Gasteiger charge is 2.21. The molecular formula is C18H22ClN3O3S. The first-order chi connectivity index (χ1) is 12.4. The van der Waals surface area contributed by atoms with Crippen molar-refractivity contribution in [1.82, 2.24) is 14.1 Å². The molecule has 140 valence electrons. The third kappa shape index (κ3) is 4.81. The van der Waals surface area contributed by atoms with E-state index in [9.17, 15) is 13.2 Å². The third-order valence-electron chi connectivity index (χ3n) is 3.88. The number of rotatable bonds is 9. The second-order valence-electron chi connectivity index (χ2n) is 5.54. The molecule has 0 aliphatic heterocycles. The maximum Gasteiger partial charge on any atom is 0.243 e. The molecular weight excluding hydrogens is 374 g/mol. The summed E-state index contributed by atoms with van der Waals surface area (Å²) in [5.41, 5.74) is 1.22. The fourth-order valence-corrected chi connectivity index (χ4v) is 4.08. The van der Waals surface area contributed by atoms with Gasteiger partial charge in [-0.3, -0.25) is 9.48 Å². The van der Waals surface area contributed by atoms with Gasteiger partial charge in [-0.25, -0.2) is 8.42 Å². The molecule has 1 aromatic heterocycles.